The van der Waals surface area contributed by atoms with Crippen molar-refractivity contribution in [3.63, 3.8) is 0 Å². The van der Waals surface area contributed by atoms with Gasteiger partial charge in [0.1, 0.15) is 18.8 Å². The van der Waals surface area contributed by atoms with E-state index in [9.17, 15) is 8.78 Å². The highest BCUT2D eigenvalue weighted by atomic mass is 19.3. The van der Waals surface area contributed by atoms with E-state index in [0.29, 0.717) is 0 Å². The molecule has 0 radical (unpaired) electrons. The number of ether oxygens (including phenoxy) is 1. The molecule has 1 saturated heterocycles. The van der Waals surface area contributed by atoms with Crippen LogP contribution in [-0.2, 0) is 4.74 Å². The van der Waals surface area contributed by atoms with Crippen LogP contribution in [0.4, 0.5) is 8.78 Å². The molecule has 5 heteroatoms. The quantitative estimate of drug-likeness (QED) is 0.529. The Hall–Kier alpha value is -0.260. The summed E-state index contributed by atoms with van der Waals surface area (Å²) in [6, 6.07) is 0. The largest absolute Gasteiger partial charge is 0.394 e. The van der Waals surface area contributed by atoms with E-state index in [-0.39, 0.29) is 0 Å². The van der Waals surface area contributed by atoms with Gasteiger partial charge in [0, 0.05) is 0 Å². The van der Waals surface area contributed by atoms with Crippen molar-refractivity contribution in [2.24, 2.45) is 0 Å². The molecule has 0 unspecified atom stereocenters. The summed E-state index contributed by atoms with van der Waals surface area (Å²) in [6.07, 6.45) is -2.99. The summed E-state index contributed by atoms with van der Waals surface area (Å²) in [7, 11) is 0. The molecule has 0 spiro atoms. The van der Waals surface area contributed by atoms with Crippen molar-refractivity contribution in [3.05, 3.63) is 0 Å². The van der Waals surface area contributed by atoms with Gasteiger partial charge in [0.05, 0.1) is 6.61 Å². The van der Waals surface area contributed by atoms with Crippen molar-refractivity contribution in [2.45, 2.75) is 18.1 Å². The van der Waals surface area contributed by atoms with Crippen LogP contribution in [0, 0.1) is 0 Å². The molecule has 3 nitrogen and oxygen atoms in total. The fourth-order valence-electron chi connectivity index (χ4n) is 0.819. The number of alkyl halides is 2. The average molecular weight is 154 g/mol. The van der Waals surface area contributed by atoms with E-state index < -0.39 is 31.3 Å². The van der Waals surface area contributed by atoms with Gasteiger partial charge in [-0.25, -0.2) is 8.78 Å². The topological polar surface area (TPSA) is 49.7 Å². The van der Waals surface area contributed by atoms with Crippen LogP contribution in [0.1, 0.15) is 0 Å². The minimum Gasteiger partial charge on any atom is -0.394 e. The van der Waals surface area contributed by atoms with Gasteiger partial charge < -0.3 is 14.9 Å². The summed E-state index contributed by atoms with van der Waals surface area (Å²) in [5.74, 6) is -3.20. The Morgan fingerprint density at radius 1 is 1.60 bits per heavy atom. The summed E-state index contributed by atoms with van der Waals surface area (Å²) >= 11 is 0. The molecule has 2 atom stereocenters. The monoisotopic (exact) mass is 154 g/mol. The third-order valence-corrected chi connectivity index (χ3v) is 1.45. The molecule has 0 amide bonds. The molecule has 0 saturated carbocycles. The zero-order valence-electron chi connectivity index (χ0n) is 5.13. The van der Waals surface area contributed by atoms with Crippen LogP contribution >= 0.6 is 0 Å². The van der Waals surface area contributed by atoms with Crippen LogP contribution < -0.4 is 0 Å². The van der Waals surface area contributed by atoms with E-state index in [2.05, 4.69) is 4.74 Å². The lowest BCUT2D eigenvalue weighted by atomic mass is 10.1. The minimum absolute atomic E-state index is 0.573. The number of aliphatic hydroxyl groups is 2. The van der Waals surface area contributed by atoms with Crippen LogP contribution in [-0.4, -0.2) is 41.6 Å². The van der Waals surface area contributed by atoms with E-state index >= 15 is 0 Å². The van der Waals surface area contributed by atoms with Crippen LogP contribution in [0.5, 0.6) is 0 Å². The lowest BCUT2D eigenvalue weighted by Gasteiger charge is -2.13. The van der Waals surface area contributed by atoms with Crippen LogP contribution in [0.15, 0.2) is 0 Å². The van der Waals surface area contributed by atoms with Crippen LogP contribution in [0.2, 0.25) is 0 Å². The number of hydrogen-bond acceptors (Lipinski definition) is 3. The second-order valence-corrected chi connectivity index (χ2v) is 2.24. The van der Waals surface area contributed by atoms with Gasteiger partial charge in [-0.2, -0.15) is 0 Å². The van der Waals surface area contributed by atoms with Gasteiger partial charge in [-0.1, -0.05) is 0 Å². The molecule has 1 fully saturated rings. The third kappa shape index (κ3) is 1.12. The van der Waals surface area contributed by atoms with E-state index in [1.807, 2.05) is 0 Å². The fraction of sp³-hybridized carbons (Fsp3) is 1.00. The molecule has 1 aliphatic heterocycles. The highest BCUT2D eigenvalue weighted by Gasteiger charge is 2.50. The Balaban J connectivity index is 2.58. The molecule has 2 N–H and O–H groups in total. The number of hydrogen-bond donors (Lipinski definition) is 2. The summed E-state index contributed by atoms with van der Waals surface area (Å²) in [6.45, 7) is -1.38. The van der Waals surface area contributed by atoms with Crippen molar-refractivity contribution in [1.29, 1.82) is 0 Å². The van der Waals surface area contributed by atoms with E-state index in [1.54, 1.807) is 0 Å². The third-order valence-electron chi connectivity index (χ3n) is 1.45. The Bertz CT molecular complexity index is 128. The number of halogens is 2. The summed E-state index contributed by atoms with van der Waals surface area (Å²) < 4.78 is 29.0. The van der Waals surface area contributed by atoms with E-state index in [0.717, 1.165) is 0 Å². The first kappa shape index (κ1) is 7.84. The first-order chi connectivity index (χ1) is 4.58. The van der Waals surface area contributed by atoms with Gasteiger partial charge in [0.15, 0.2) is 0 Å². The van der Waals surface area contributed by atoms with E-state index in [4.69, 9.17) is 10.2 Å². The predicted molar refractivity (Wildman–Crippen MR) is 27.8 cm³/mol. The zero-order valence-corrected chi connectivity index (χ0v) is 5.13. The standard InChI is InChI=1S/C5H8F2O3/c6-5(7)2-10-3(1-8)4(5)9/h3-4,8-9H,1-2H2/t3-,4-/m1/s1. The first-order valence-corrected chi connectivity index (χ1v) is 2.86. The second kappa shape index (κ2) is 2.41. The highest BCUT2D eigenvalue weighted by Crippen LogP contribution is 2.29. The Labute approximate surface area is 56.2 Å². The smallest absolute Gasteiger partial charge is 0.298 e. The summed E-state index contributed by atoms with van der Waals surface area (Å²) in [4.78, 5) is 0. The maximum atomic E-state index is 12.3. The van der Waals surface area contributed by atoms with Crippen molar-refractivity contribution in [2.75, 3.05) is 13.2 Å². The fourth-order valence-corrected chi connectivity index (χ4v) is 0.819. The van der Waals surface area contributed by atoms with Gasteiger partial charge >= 0.3 is 0 Å². The molecule has 0 aromatic carbocycles. The molecule has 0 aromatic rings. The molecule has 0 aliphatic carbocycles. The molecule has 0 bridgehead atoms. The lowest BCUT2D eigenvalue weighted by molar-refractivity contribution is -0.0842. The van der Waals surface area contributed by atoms with Crippen LogP contribution in [0.25, 0.3) is 0 Å². The minimum atomic E-state index is -3.20. The maximum Gasteiger partial charge on any atom is 0.298 e. The first-order valence-electron chi connectivity index (χ1n) is 2.86. The lowest BCUT2D eigenvalue weighted by Crippen LogP contribution is -2.37. The van der Waals surface area contributed by atoms with E-state index in [1.165, 1.54) is 0 Å². The Morgan fingerprint density at radius 3 is 2.40 bits per heavy atom. The summed E-state index contributed by atoms with van der Waals surface area (Å²) in [5.41, 5.74) is 0. The van der Waals surface area contributed by atoms with Gasteiger partial charge in [-0.3, -0.25) is 0 Å². The average Bonchev–Trinajstić information content (AvgIpc) is 2.10. The Kier molecular flexibility index (Phi) is 1.89. The molecule has 0 aromatic heterocycles. The maximum absolute atomic E-state index is 12.3. The van der Waals surface area contributed by atoms with Crippen LogP contribution in [0.3, 0.4) is 0 Å². The van der Waals surface area contributed by atoms with Gasteiger partial charge in [0.2, 0.25) is 0 Å². The van der Waals surface area contributed by atoms with Crippen molar-refractivity contribution < 1.29 is 23.7 Å². The van der Waals surface area contributed by atoms with Gasteiger partial charge in [-0.05, 0) is 0 Å². The molecule has 1 aliphatic rings. The molecular weight excluding hydrogens is 146 g/mol. The molecule has 60 valence electrons. The normalized spacial score (nSPS) is 38.4. The van der Waals surface area contributed by atoms with Crippen molar-refractivity contribution in [3.8, 4) is 0 Å². The molecule has 10 heavy (non-hydrogen) atoms. The number of rotatable bonds is 1. The Morgan fingerprint density at radius 2 is 2.20 bits per heavy atom. The highest BCUT2D eigenvalue weighted by molar-refractivity contribution is 4.89. The predicted octanol–water partition coefficient (Wildman–Crippen LogP) is -0.626. The molecule has 1 heterocycles. The zero-order chi connectivity index (χ0) is 7.78. The van der Waals surface area contributed by atoms with Gasteiger partial charge in [0.25, 0.3) is 5.92 Å². The van der Waals surface area contributed by atoms with Crippen molar-refractivity contribution in [1.82, 2.24) is 0 Å². The second-order valence-electron chi connectivity index (χ2n) is 2.24. The molecular formula is C5H8F2O3. The van der Waals surface area contributed by atoms with Gasteiger partial charge in [-0.15, -0.1) is 0 Å². The summed E-state index contributed by atoms with van der Waals surface area (Å²) in [5, 5.41) is 17.0. The van der Waals surface area contributed by atoms with Crippen molar-refractivity contribution >= 4 is 0 Å². The number of aliphatic hydroxyl groups excluding tert-OH is 2. The molecule has 1 rings (SSSR count). The SMILES string of the molecule is OC[C@H]1OCC(F)(F)[C@@H]1O.